The molecule has 2 nitrogen and oxygen atoms in total. The van der Waals surface area contributed by atoms with Crippen LogP contribution in [0.4, 0.5) is 0 Å². The first-order valence-electron chi connectivity index (χ1n) is 4.52. The molecule has 0 saturated heterocycles. The summed E-state index contributed by atoms with van der Waals surface area (Å²) in [5, 5.41) is 1.12. The Kier molecular flexibility index (Phi) is 2.98. The van der Waals surface area contributed by atoms with Crippen LogP contribution in [-0.4, -0.2) is 4.98 Å². The minimum Gasteiger partial charge on any atom is -0.448 e. The van der Waals surface area contributed by atoms with Gasteiger partial charge < -0.3 is 4.42 Å². The first kappa shape index (κ1) is 10.5. The van der Waals surface area contributed by atoms with Gasteiger partial charge in [-0.15, -0.1) is 0 Å². The molecule has 0 bridgehead atoms. The third kappa shape index (κ3) is 2.16. The summed E-state index contributed by atoms with van der Waals surface area (Å²) >= 11 is 11.8. The second kappa shape index (κ2) is 4.25. The maximum absolute atomic E-state index is 5.94. The molecule has 0 amide bonds. The van der Waals surface area contributed by atoms with E-state index < -0.39 is 0 Å². The number of nitrogens with zero attached hydrogens (tertiary/aromatic N) is 1. The molecule has 0 N–H and O–H groups in total. The van der Waals surface area contributed by atoms with Crippen LogP contribution >= 0.6 is 23.2 Å². The van der Waals surface area contributed by atoms with E-state index in [1.54, 1.807) is 12.3 Å². The van der Waals surface area contributed by atoms with Crippen molar-refractivity contribution in [3.05, 3.63) is 52.2 Å². The molecule has 2 aromatic rings. The molecule has 4 heteroatoms. The quantitative estimate of drug-likeness (QED) is 0.791. The van der Waals surface area contributed by atoms with E-state index in [9.17, 15) is 0 Å². The normalized spacial score (nSPS) is 12.7. The van der Waals surface area contributed by atoms with Gasteiger partial charge in [0.25, 0.3) is 0 Å². The van der Waals surface area contributed by atoms with Gasteiger partial charge in [-0.25, -0.2) is 4.98 Å². The third-order valence-corrected chi connectivity index (χ3v) is 3.06. The van der Waals surface area contributed by atoms with Gasteiger partial charge in [-0.3, -0.25) is 0 Å². The van der Waals surface area contributed by atoms with E-state index in [4.69, 9.17) is 27.6 Å². The minimum atomic E-state index is 0.127. The molecular formula is C11H9Cl2NO. The van der Waals surface area contributed by atoms with Crippen molar-refractivity contribution in [2.45, 2.75) is 12.8 Å². The zero-order valence-corrected chi connectivity index (χ0v) is 9.59. The second-order valence-corrected chi connectivity index (χ2v) is 4.11. The largest absolute Gasteiger partial charge is 0.448 e. The highest BCUT2D eigenvalue weighted by Gasteiger charge is 2.12. The molecule has 1 unspecified atom stereocenters. The monoisotopic (exact) mass is 241 g/mol. The minimum absolute atomic E-state index is 0.127. The number of hydrogen-bond donors (Lipinski definition) is 0. The van der Waals surface area contributed by atoms with Crippen LogP contribution in [-0.2, 0) is 0 Å². The number of benzene rings is 1. The SMILES string of the molecule is CC(c1ccc(Cl)c(Cl)c1)c1cnco1. The summed E-state index contributed by atoms with van der Waals surface area (Å²) in [6.45, 7) is 2.03. The summed E-state index contributed by atoms with van der Waals surface area (Å²) in [6, 6.07) is 5.56. The number of rotatable bonds is 2. The molecule has 1 aromatic carbocycles. The molecule has 78 valence electrons. The fourth-order valence-corrected chi connectivity index (χ4v) is 1.69. The van der Waals surface area contributed by atoms with Crippen LogP contribution in [0.25, 0.3) is 0 Å². The van der Waals surface area contributed by atoms with E-state index in [-0.39, 0.29) is 5.92 Å². The Morgan fingerprint density at radius 2 is 2.07 bits per heavy atom. The van der Waals surface area contributed by atoms with Crippen LogP contribution in [0.3, 0.4) is 0 Å². The van der Waals surface area contributed by atoms with Crippen LogP contribution in [0, 0.1) is 0 Å². The summed E-state index contributed by atoms with van der Waals surface area (Å²) in [7, 11) is 0. The van der Waals surface area contributed by atoms with Gasteiger partial charge in [-0.05, 0) is 17.7 Å². The highest BCUT2D eigenvalue weighted by Crippen LogP contribution is 2.29. The van der Waals surface area contributed by atoms with Crippen molar-refractivity contribution in [1.29, 1.82) is 0 Å². The number of halogens is 2. The van der Waals surface area contributed by atoms with Crippen molar-refractivity contribution in [2.75, 3.05) is 0 Å². The van der Waals surface area contributed by atoms with Gasteiger partial charge in [0.15, 0.2) is 6.39 Å². The van der Waals surface area contributed by atoms with E-state index >= 15 is 0 Å². The van der Waals surface area contributed by atoms with Gasteiger partial charge in [0.1, 0.15) is 5.76 Å². The van der Waals surface area contributed by atoms with Crippen LogP contribution in [0.15, 0.2) is 35.2 Å². The molecule has 0 aliphatic carbocycles. The van der Waals surface area contributed by atoms with Crippen molar-refractivity contribution < 1.29 is 4.42 Å². The highest BCUT2D eigenvalue weighted by molar-refractivity contribution is 6.42. The van der Waals surface area contributed by atoms with Gasteiger partial charge in [0.05, 0.1) is 16.2 Å². The molecule has 1 heterocycles. The Morgan fingerprint density at radius 3 is 2.67 bits per heavy atom. The maximum Gasteiger partial charge on any atom is 0.180 e. The lowest BCUT2D eigenvalue weighted by atomic mass is 9.99. The van der Waals surface area contributed by atoms with Crippen LogP contribution in [0.2, 0.25) is 10.0 Å². The molecular weight excluding hydrogens is 233 g/mol. The second-order valence-electron chi connectivity index (χ2n) is 3.30. The van der Waals surface area contributed by atoms with Crippen LogP contribution in [0.1, 0.15) is 24.2 Å². The predicted octanol–water partition coefficient (Wildman–Crippen LogP) is 4.13. The van der Waals surface area contributed by atoms with Crippen molar-refractivity contribution >= 4 is 23.2 Å². The molecule has 1 aromatic heterocycles. The summed E-state index contributed by atoms with van der Waals surface area (Å²) in [5.74, 6) is 0.940. The van der Waals surface area contributed by atoms with E-state index in [2.05, 4.69) is 4.98 Å². The molecule has 1 atom stereocenters. The Hall–Kier alpha value is -0.990. The smallest absolute Gasteiger partial charge is 0.180 e. The zero-order valence-electron chi connectivity index (χ0n) is 8.08. The molecule has 15 heavy (non-hydrogen) atoms. The molecule has 0 radical (unpaired) electrons. The van der Waals surface area contributed by atoms with Crippen molar-refractivity contribution in [3.63, 3.8) is 0 Å². The molecule has 0 aliphatic rings. The highest BCUT2D eigenvalue weighted by atomic mass is 35.5. The lowest BCUT2D eigenvalue weighted by Gasteiger charge is -2.09. The molecule has 0 saturated carbocycles. The summed E-state index contributed by atoms with van der Waals surface area (Å²) < 4.78 is 5.23. The molecule has 2 rings (SSSR count). The van der Waals surface area contributed by atoms with E-state index in [1.807, 2.05) is 19.1 Å². The van der Waals surface area contributed by atoms with Crippen molar-refractivity contribution in [2.24, 2.45) is 0 Å². The first-order chi connectivity index (χ1) is 7.18. The average molecular weight is 242 g/mol. The van der Waals surface area contributed by atoms with Crippen molar-refractivity contribution in [1.82, 2.24) is 4.98 Å². The summed E-state index contributed by atoms with van der Waals surface area (Å²) in [4.78, 5) is 3.88. The van der Waals surface area contributed by atoms with E-state index in [0.717, 1.165) is 11.3 Å². The van der Waals surface area contributed by atoms with Gasteiger partial charge in [0, 0.05) is 5.92 Å². The lowest BCUT2D eigenvalue weighted by molar-refractivity contribution is 0.491. The summed E-state index contributed by atoms with van der Waals surface area (Å²) in [5.41, 5.74) is 1.06. The predicted molar refractivity (Wildman–Crippen MR) is 60.5 cm³/mol. The number of oxazole rings is 1. The average Bonchev–Trinajstić information content (AvgIpc) is 2.74. The molecule has 0 spiro atoms. The standard InChI is InChI=1S/C11H9Cl2NO/c1-7(11-5-14-6-15-11)8-2-3-9(12)10(13)4-8/h2-7H,1H3. The van der Waals surface area contributed by atoms with E-state index in [0.29, 0.717) is 10.0 Å². The van der Waals surface area contributed by atoms with E-state index in [1.165, 1.54) is 6.39 Å². The third-order valence-electron chi connectivity index (χ3n) is 2.32. The van der Waals surface area contributed by atoms with Gasteiger partial charge >= 0.3 is 0 Å². The Labute approximate surface area is 97.8 Å². The lowest BCUT2D eigenvalue weighted by Crippen LogP contribution is -1.93. The fourth-order valence-electron chi connectivity index (χ4n) is 1.39. The molecule has 0 aliphatic heterocycles. The fraction of sp³-hybridized carbons (Fsp3) is 0.182. The van der Waals surface area contributed by atoms with Crippen LogP contribution in [0.5, 0.6) is 0 Å². The summed E-state index contributed by atoms with van der Waals surface area (Å²) in [6.07, 6.45) is 3.12. The van der Waals surface area contributed by atoms with Gasteiger partial charge in [-0.1, -0.05) is 36.2 Å². The van der Waals surface area contributed by atoms with Crippen LogP contribution < -0.4 is 0 Å². The molecule has 0 fully saturated rings. The number of hydrogen-bond acceptors (Lipinski definition) is 2. The Bertz CT molecular complexity index is 454. The maximum atomic E-state index is 5.94. The topological polar surface area (TPSA) is 26.0 Å². The number of aromatic nitrogens is 1. The van der Waals surface area contributed by atoms with Crippen molar-refractivity contribution in [3.8, 4) is 0 Å². The zero-order chi connectivity index (χ0) is 10.8. The Balaban J connectivity index is 2.34. The van der Waals surface area contributed by atoms with Gasteiger partial charge in [-0.2, -0.15) is 0 Å². The van der Waals surface area contributed by atoms with Gasteiger partial charge in [0.2, 0.25) is 0 Å². The Morgan fingerprint density at radius 1 is 1.27 bits per heavy atom. The first-order valence-corrected chi connectivity index (χ1v) is 5.27.